The number of rotatable bonds is 14. The molecule has 1 atom stereocenters. The van der Waals surface area contributed by atoms with Gasteiger partial charge in [0.15, 0.2) is 12.2 Å². The number of amidine groups is 1. The van der Waals surface area contributed by atoms with Gasteiger partial charge >= 0.3 is 0 Å². The lowest BCUT2D eigenvalue weighted by molar-refractivity contribution is -0.785. The molecule has 0 spiro atoms. The van der Waals surface area contributed by atoms with Gasteiger partial charge in [-0.25, -0.2) is 9.98 Å². The molecule has 204 valence electrons. The summed E-state index contributed by atoms with van der Waals surface area (Å²) in [6, 6.07) is 9.60. The number of aliphatic imine (C=N–C) groups is 1. The van der Waals surface area contributed by atoms with Crippen molar-refractivity contribution in [2.75, 3.05) is 27.7 Å². The van der Waals surface area contributed by atoms with Gasteiger partial charge in [-0.1, -0.05) is 31.9 Å². The average Bonchev–Trinajstić information content (AvgIpc) is 3.36. The summed E-state index contributed by atoms with van der Waals surface area (Å²) in [5.74, 6) is 1.84. The van der Waals surface area contributed by atoms with Crippen LogP contribution in [0.2, 0.25) is 0 Å². The molecule has 11 heteroatoms. The van der Waals surface area contributed by atoms with Crippen LogP contribution >= 0.6 is 0 Å². The van der Waals surface area contributed by atoms with E-state index in [1.807, 2.05) is 67.1 Å². The van der Waals surface area contributed by atoms with Crippen molar-refractivity contribution in [2.45, 2.75) is 51.5 Å². The van der Waals surface area contributed by atoms with E-state index in [1.165, 1.54) is 0 Å². The number of fused-ring (bicyclic) bond motifs is 1. The van der Waals surface area contributed by atoms with Gasteiger partial charge in [0.25, 0.3) is 5.91 Å². The van der Waals surface area contributed by atoms with E-state index >= 15 is 0 Å². The normalized spacial score (nSPS) is 13.3. The van der Waals surface area contributed by atoms with Crippen LogP contribution in [-0.4, -0.2) is 61.3 Å². The Bertz CT molecular complexity index is 1110. The minimum absolute atomic E-state index is 0. The Morgan fingerprint density at radius 1 is 1.16 bits per heavy atom. The highest BCUT2D eigenvalue weighted by molar-refractivity contribution is 5.91. The molecular weight excluding hydrogens is 515 g/mol. The summed E-state index contributed by atoms with van der Waals surface area (Å²) in [5.41, 5.74) is 4.37. The lowest BCUT2D eigenvalue weighted by Gasteiger charge is -2.17. The van der Waals surface area contributed by atoms with E-state index in [2.05, 4.69) is 10.3 Å². The van der Waals surface area contributed by atoms with Crippen LogP contribution < -0.4 is 45.6 Å². The van der Waals surface area contributed by atoms with Gasteiger partial charge in [0.05, 0.1) is 18.8 Å². The highest BCUT2D eigenvalue weighted by Gasteiger charge is 2.28. The molecule has 0 aliphatic carbocycles. The molecule has 1 aliphatic heterocycles. The number of nitrogens with two attached hydrogens (primary N) is 2. The zero-order chi connectivity index (χ0) is 25.2. The molecule has 1 aliphatic rings. The molecule has 1 aromatic carbocycles. The molecule has 0 radical (unpaired) electrons. The van der Waals surface area contributed by atoms with Gasteiger partial charge < -0.3 is 34.9 Å². The number of ketones is 1. The topological polar surface area (TPSA) is 117 Å². The van der Waals surface area contributed by atoms with Crippen LogP contribution in [0.3, 0.4) is 0 Å². The summed E-state index contributed by atoms with van der Waals surface area (Å²) in [7, 11) is 5.46. The number of hydrogen-bond donors (Lipinski definition) is 3. The summed E-state index contributed by atoms with van der Waals surface area (Å²) >= 11 is 0. The van der Waals surface area contributed by atoms with E-state index in [0.29, 0.717) is 25.2 Å². The number of Topliss-reactive ketones (excluding diaryl/α,β-unsaturated/α-hetero) is 1. The number of hydrogen-bond acceptors (Lipinski definition) is 6. The monoisotopic (exact) mass is 552 g/mol. The second-order valence-corrected chi connectivity index (χ2v) is 8.97. The predicted molar refractivity (Wildman–Crippen MR) is 136 cm³/mol. The quantitative estimate of drug-likeness (QED) is 0.123. The third kappa shape index (κ3) is 9.68. The molecule has 0 unspecified atom stereocenters. The molecule has 0 bridgehead atoms. The predicted octanol–water partition coefficient (Wildman–Crippen LogP) is -5.02. The van der Waals surface area contributed by atoms with E-state index in [1.54, 1.807) is 13.3 Å². The number of unbranched alkanes of at least 4 members (excludes halogenated alkanes) is 2. The second kappa shape index (κ2) is 16.3. The third-order valence-corrected chi connectivity index (χ3v) is 6.03. The van der Waals surface area contributed by atoms with Crippen LogP contribution in [-0.2, 0) is 9.59 Å². The number of aromatic nitrogens is 1. The SMILES string of the molecule is CCC(=O)CCCCC[C@H](NC(=O)C[NH2+]N(C)C)C1=NC=C(c2cc(OC)c3ccccc3n2)[NH2+]1.[Cl-].[Cl-]. The maximum absolute atomic E-state index is 12.6. The molecule has 2 heterocycles. The van der Waals surface area contributed by atoms with Gasteiger partial charge in [-0.3, -0.25) is 20.3 Å². The van der Waals surface area contributed by atoms with Gasteiger partial charge in [0.2, 0.25) is 5.84 Å². The number of quaternary nitrogens is 2. The lowest BCUT2D eigenvalue weighted by atomic mass is 10.0. The molecular formula is C26H38Cl2N6O3. The number of nitrogens with zero attached hydrogens (tertiary/aromatic N) is 3. The largest absolute Gasteiger partial charge is 1.00 e. The first-order valence-electron chi connectivity index (χ1n) is 12.3. The van der Waals surface area contributed by atoms with Crippen molar-refractivity contribution in [3.8, 4) is 5.75 Å². The zero-order valence-electron chi connectivity index (χ0n) is 22.0. The molecule has 3 rings (SSSR count). The van der Waals surface area contributed by atoms with Crippen molar-refractivity contribution < 1.29 is 49.9 Å². The number of halogens is 2. The second-order valence-electron chi connectivity index (χ2n) is 8.97. The first-order valence-corrected chi connectivity index (χ1v) is 12.3. The fourth-order valence-electron chi connectivity index (χ4n) is 4.01. The summed E-state index contributed by atoms with van der Waals surface area (Å²) in [6.45, 7) is 2.21. The summed E-state index contributed by atoms with van der Waals surface area (Å²) < 4.78 is 5.59. The highest BCUT2D eigenvalue weighted by Crippen LogP contribution is 2.26. The Labute approximate surface area is 231 Å². The molecule has 5 N–H and O–H groups in total. The maximum Gasteiger partial charge on any atom is 0.277 e. The molecule has 0 saturated carbocycles. The number of carbonyl (C=O) groups is 2. The van der Waals surface area contributed by atoms with Crippen molar-refractivity contribution in [1.29, 1.82) is 0 Å². The van der Waals surface area contributed by atoms with Gasteiger partial charge in [-0.2, -0.15) is 5.01 Å². The smallest absolute Gasteiger partial charge is 0.277 e. The summed E-state index contributed by atoms with van der Waals surface area (Å²) in [4.78, 5) is 33.6. The van der Waals surface area contributed by atoms with E-state index in [0.717, 1.165) is 59.6 Å². The number of amides is 1. The van der Waals surface area contributed by atoms with Crippen molar-refractivity contribution in [1.82, 2.24) is 15.3 Å². The van der Waals surface area contributed by atoms with Crippen LogP contribution in [0, 0.1) is 0 Å². The number of benzene rings is 1. The van der Waals surface area contributed by atoms with Crippen LogP contribution in [0.15, 0.2) is 41.5 Å². The molecule has 1 amide bonds. The van der Waals surface area contributed by atoms with Crippen molar-refractivity contribution in [3.05, 3.63) is 42.2 Å². The first kappa shape index (κ1) is 32.5. The lowest BCUT2D eigenvalue weighted by Crippen LogP contribution is -3.00. The van der Waals surface area contributed by atoms with Gasteiger partial charge in [0, 0.05) is 38.4 Å². The van der Waals surface area contributed by atoms with Gasteiger partial charge in [-0.15, -0.1) is 0 Å². The number of ether oxygens (including phenoxy) is 1. The van der Waals surface area contributed by atoms with Crippen molar-refractivity contribution >= 4 is 34.1 Å². The number of carbonyl (C=O) groups excluding carboxylic acids is 2. The Morgan fingerprint density at radius 2 is 1.92 bits per heavy atom. The average molecular weight is 554 g/mol. The Balaban J connectivity index is 0.00000342. The van der Waals surface area contributed by atoms with E-state index < -0.39 is 0 Å². The standard InChI is InChI=1S/C26H36N6O3.2ClH/c1-5-18(33)11-7-6-8-14-21(30-25(34)17-28-32(2)3)26-27-16-23(31-26)22-15-24(35-4)19-12-9-10-13-20(19)29-22;;/h9-10,12-13,15-16,21,28H,5-8,11,14,17H2,1-4H3,(H,27,31)(H,30,34);2*1H/t21-;;/m0../s1. The molecule has 0 saturated heterocycles. The summed E-state index contributed by atoms with van der Waals surface area (Å²) in [5, 5.41) is 7.98. The van der Waals surface area contributed by atoms with E-state index in [4.69, 9.17) is 9.72 Å². The number of nitrogens with one attached hydrogen (secondary N) is 1. The van der Waals surface area contributed by atoms with Crippen LogP contribution in [0.25, 0.3) is 16.6 Å². The van der Waals surface area contributed by atoms with Crippen molar-refractivity contribution in [3.63, 3.8) is 0 Å². The van der Waals surface area contributed by atoms with Gasteiger partial charge in [-0.05, 0) is 25.0 Å². The molecule has 0 fully saturated rings. The maximum atomic E-state index is 12.6. The first-order chi connectivity index (χ1) is 16.9. The third-order valence-electron chi connectivity index (χ3n) is 6.03. The van der Waals surface area contributed by atoms with Crippen molar-refractivity contribution in [2.24, 2.45) is 4.99 Å². The van der Waals surface area contributed by atoms with Crippen LogP contribution in [0.4, 0.5) is 0 Å². The van der Waals surface area contributed by atoms with E-state index in [9.17, 15) is 9.59 Å². The Morgan fingerprint density at radius 3 is 2.62 bits per heavy atom. The Hall–Kier alpha value is -2.56. The number of pyridine rings is 1. The molecule has 1 aromatic heterocycles. The number of methoxy groups -OCH3 is 1. The van der Waals surface area contributed by atoms with Crippen LogP contribution in [0.5, 0.6) is 5.75 Å². The Kier molecular flexibility index (Phi) is 14.3. The minimum atomic E-state index is -0.198. The molecule has 2 aromatic rings. The van der Waals surface area contributed by atoms with Crippen LogP contribution in [0.1, 0.15) is 51.1 Å². The fourth-order valence-corrected chi connectivity index (χ4v) is 4.01. The molecule has 9 nitrogen and oxygen atoms in total. The molecule has 37 heavy (non-hydrogen) atoms. The fraction of sp³-hybridized carbons (Fsp3) is 0.462. The highest BCUT2D eigenvalue weighted by atomic mass is 35.5. The minimum Gasteiger partial charge on any atom is -1.00 e. The van der Waals surface area contributed by atoms with Gasteiger partial charge in [0.1, 0.15) is 23.3 Å². The number of para-hydroxylation sites is 1. The summed E-state index contributed by atoms with van der Waals surface area (Å²) in [6.07, 6.45) is 6.51. The van der Waals surface area contributed by atoms with E-state index in [-0.39, 0.29) is 36.8 Å². The zero-order valence-corrected chi connectivity index (χ0v) is 23.5.